The summed E-state index contributed by atoms with van der Waals surface area (Å²) < 4.78 is 0. The summed E-state index contributed by atoms with van der Waals surface area (Å²) >= 11 is 0. The van der Waals surface area contributed by atoms with Crippen LogP contribution in [0.5, 0.6) is 0 Å². The third-order valence-corrected chi connectivity index (χ3v) is 3.20. The summed E-state index contributed by atoms with van der Waals surface area (Å²) in [6.45, 7) is 5.96. The summed E-state index contributed by atoms with van der Waals surface area (Å²) in [4.78, 5) is 16.9. The van der Waals surface area contributed by atoms with Gasteiger partial charge in [0.2, 0.25) is 0 Å². The van der Waals surface area contributed by atoms with Crippen LogP contribution in [-0.2, 0) is 6.42 Å². The van der Waals surface area contributed by atoms with E-state index < -0.39 is 0 Å². The lowest BCUT2D eigenvalue weighted by Gasteiger charge is -2.07. The van der Waals surface area contributed by atoms with E-state index in [9.17, 15) is 4.79 Å². The average molecular weight is 253 g/mol. The van der Waals surface area contributed by atoms with Gasteiger partial charge < -0.3 is 0 Å². The van der Waals surface area contributed by atoms with Crippen molar-refractivity contribution in [2.24, 2.45) is 0 Å². The lowest BCUT2D eigenvalue weighted by molar-refractivity contribution is 0.103. The van der Waals surface area contributed by atoms with Crippen molar-refractivity contribution < 1.29 is 4.79 Å². The van der Waals surface area contributed by atoms with Crippen molar-refractivity contribution in [1.29, 1.82) is 0 Å². The monoisotopic (exact) mass is 253 g/mol. The molecule has 1 aromatic heterocycles. The number of rotatable bonds is 4. The first-order valence-electron chi connectivity index (χ1n) is 6.69. The number of hydrogen-bond donors (Lipinski definition) is 0. The van der Waals surface area contributed by atoms with Crippen molar-refractivity contribution in [2.45, 2.75) is 33.6 Å². The summed E-state index contributed by atoms with van der Waals surface area (Å²) in [5, 5.41) is 0. The van der Waals surface area contributed by atoms with E-state index in [2.05, 4.69) is 18.0 Å². The van der Waals surface area contributed by atoms with Gasteiger partial charge in [-0.1, -0.05) is 31.5 Å². The second kappa shape index (κ2) is 5.79. The van der Waals surface area contributed by atoms with Crippen LogP contribution >= 0.6 is 0 Å². The lowest BCUT2D eigenvalue weighted by atomic mass is 9.99. The predicted octanol–water partition coefficient (Wildman–Crippen LogP) is 3.88. The molecule has 0 amide bonds. The quantitative estimate of drug-likeness (QED) is 0.774. The van der Waals surface area contributed by atoms with E-state index in [0.717, 1.165) is 29.8 Å². The molecule has 1 heterocycles. The molecular weight excluding hydrogens is 234 g/mol. The molecule has 1 aromatic carbocycles. The summed E-state index contributed by atoms with van der Waals surface area (Å²) in [6.07, 6.45) is 2.09. The maximum absolute atomic E-state index is 12.5. The molecule has 0 unspecified atom stereocenters. The highest BCUT2D eigenvalue weighted by Gasteiger charge is 2.12. The number of aromatic nitrogens is 1. The zero-order chi connectivity index (χ0) is 13.8. The molecule has 2 nitrogen and oxygen atoms in total. The molecule has 0 bridgehead atoms. The Labute approximate surface area is 114 Å². The minimum atomic E-state index is 0.0583. The number of carbonyl (C=O) groups is 1. The first-order chi connectivity index (χ1) is 9.11. The molecule has 0 aliphatic carbocycles. The van der Waals surface area contributed by atoms with Gasteiger partial charge in [0.15, 0.2) is 5.78 Å². The molecule has 98 valence electrons. The molecule has 0 fully saturated rings. The highest BCUT2D eigenvalue weighted by Crippen LogP contribution is 2.15. The van der Waals surface area contributed by atoms with Crippen LogP contribution in [0, 0.1) is 13.8 Å². The number of benzene rings is 1. The van der Waals surface area contributed by atoms with Crippen LogP contribution in [0.25, 0.3) is 0 Å². The van der Waals surface area contributed by atoms with E-state index >= 15 is 0 Å². The Morgan fingerprint density at radius 3 is 2.63 bits per heavy atom. The first kappa shape index (κ1) is 13.5. The molecule has 2 aromatic rings. The SMILES string of the molecule is CCCc1cccc(C(=O)c2ccc(C)nc2C)c1. The molecule has 2 rings (SSSR count). The van der Waals surface area contributed by atoms with Gasteiger partial charge in [-0.05, 0) is 44.0 Å². The molecule has 0 aliphatic rings. The van der Waals surface area contributed by atoms with E-state index in [0.29, 0.717) is 5.56 Å². The Hall–Kier alpha value is -1.96. The molecule has 0 radical (unpaired) electrons. The van der Waals surface area contributed by atoms with Gasteiger partial charge in [-0.2, -0.15) is 0 Å². The van der Waals surface area contributed by atoms with Crippen molar-refractivity contribution in [1.82, 2.24) is 4.98 Å². The molecular formula is C17H19NO. The van der Waals surface area contributed by atoms with E-state index in [4.69, 9.17) is 0 Å². The van der Waals surface area contributed by atoms with Gasteiger partial charge in [0.25, 0.3) is 0 Å². The van der Waals surface area contributed by atoms with E-state index in [1.807, 2.05) is 44.2 Å². The predicted molar refractivity (Wildman–Crippen MR) is 77.6 cm³/mol. The Balaban J connectivity index is 2.35. The van der Waals surface area contributed by atoms with Crippen molar-refractivity contribution in [2.75, 3.05) is 0 Å². The average Bonchev–Trinajstić information content (AvgIpc) is 2.39. The molecule has 0 N–H and O–H groups in total. The summed E-state index contributed by atoms with van der Waals surface area (Å²) in [5.74, 6) is 0.0583. The largest absolute Gasteiger partial charge is 0.289 e. The fraction of sp³-hybridized carbons (Fsp3) is 0.294. The van der Waals surface area contributed by atoms with Crippen LogP contribution in [0.15, 0.2) is 36.4 Å². The zero-order valence-electron chi connectivity index (χ0n) is 11.7. The van der Waals surface area contributed by atoms with Crippen molar-refractivity contribution in [3.05, 3.63) is 64.5 Å². The van der Waals surface area contributed by atoms with Crippen LogP contribution < -0.4 is 0 Å². The maximum Gasteiger partial charge on any atom is 0.194 e. The first-order valence-corrected chi connectivity index (χ1v) is 6.69. The number of nitrogens with zero attached hydrogens (tertiary/aromatic N) is 1. The van der Waals surface area contributed by atoms with Crippen LogP contribution in [0.1, 0.15) is 46.2 Å². The Bertz CT molecular complexity index is 602. The Morgan fingerprint density at radius 2 is 1.95 bits per heavy atom. The summed E-state index contributed by atoms with van der Waals surface area (Å²) in [6, 6.07) is 11.6. The lowest BCUT2D eigenvalue weighted by Crippen LogP contribution is -2.06. The molecule has 2 heteroatoms. The highest BCUT2D eigenvalue weighted by molar-refractivity contribution is 6.09. The number of carbonyl (C=O) groups excluding carboxylic acids is 1. The zero-order valence-corrected chi connectivity index (χ0v) is 11.7. The minimum Gasteiger partial charge on any atom is -0.289 e. The summed E-state index contributed by atoms with van der Waals surface area (Å²) in [5.41, 5.74) is 4.39. The van der Waals surface area contributed by atoms with Gasteiger partial charge in [0, 0.05) is 22.5 Å². The fourth-order valence-corrected chi connectivity index (χ4v) is 2.24. The van der Waals surface area contributed by atoms with Crippen molar-refractivity contribution >= 4 is 5.78 Å². The molecule has 0 spiro atoms. The van der Waals surface area contributed by atoms with Crippen LogP contribution in [0.3, 0.4) is 0 Å². The highest BCUT2D eigenvalue weighted by atomic mass is 16.1. The second-order valence-electron chi connectivity index (χ2n) is 4.87. The standard InChI is InChI=1S/C17H19NO/c1-4-6-14-7-5-8-15(11-14)17(19)16-10-9-12(2)18-13(16)3/h5,7-11H,4,6H2,1-3H3. The Kier molecular flexibility index (Phi) is 4.10. The Morgan fingerprint density at radius 1 is 1.16 bits per heavy atom. The number of hydrogen-bond acceptors (Lipinski definition) is 2. The molecule has 0 aliphatic heterocycles. The number of pyridine rings is 1. The fourth-order valence-electron chi connectivity index (χ4n) is 2.24. The van der Waals surface area contributed by atoms with Gasteiger partial charge in [-0.15, -0.1) is 0 Å². The van der Waals surface area contributed by atoms with Gasteiger partial charge in [0.05, 0.1) is 0 Å². The van der Waals surface area contributed by atoms with Crippen LogP contribution in [-0.4, -0.2) is 10.8 Å². The normalized spacial score (nSPS) is 10.5. The van der Waals surface area contributed by atoms with Crippen LogP contribution in [0.4, 0.5) is 0 Å². The van der Waals surface area contributed by atoms with E-state index in [-0.39, 0.29) is 5.78 Å². The van der Waals surface area contributed by atoms with Gasteiger partial charge in [-0.25, -0.2) is 0 Å². The van der Waals surface area contributed by atoms with Crippen molar-refractivity contribution in [3.8, 4) is 0 Å². The number of aryl methyl sites for hydroxylation is 3. The minimum absolute atomic E-state index is 0.0583. The third kappa shape index (κ3) is 3.08. The third-order valence-electron chi connectivity index (χ3n) is 3.20. The van der Waals surface area contributed by atoms with Gasteiger partial charge in [0.1, 0.15) is 0 Å². The smallest absolute Gasteiger partial charge is 0.194 e. The van der Waals surface area contributed by atoms with Gasteiger partial charge in [-0.3, -0.25) is 9.78 Å². The molecule has 0 saturated carbocycles. The number of ketones is 1. The summed E-state index contributed by atoms with van der Waals surface area (Å²) in [7, 11) is 0. The van der Waals surface area contributed by atoms with Crippen LogP contribution in [0.2, 0.25) is 0 Å². The maximum atomic E-state index is 12.5. The molecule has 19 heavy (non-hydrogen) atoms. The second-order valence-corrected chi connectivity index (χ2v) is 4.87. The molecule has 0 atom stereocenters. The van der Waals surface area contributed by atoms with Crippen molar-refractivity contribution in [3.63, 3.8) is 0 Å². The van der Waals surface area contributed by atoms with Gasteiger partial charge >= 0.3 is 0 Å². The van der Waals surface area contributed by atoms with E-state index in [1.165, 1.54) is 5.56 Å². The van der Waals surface area contributed by atoms with E-state index in [1.54, 1.807) is 0 Å². The molecule has 0 saturated heterocycles. The topological polar surface area (TPSA) is 30.0 Å².